The van der Waals surface area contributed by atoms with Gasteiger partial charge >= 0.3 is 0 Å². The fourth-order valence-corrected chi connectivity index (χ4v) is 2.71. The first-order valence-electron chi connectivity index (χ1n) is 8.48. The Kier molecular flexibility index (Phi) is 4.38. The Morgan fingerprint density at radius 1 is 0.923 bits per heavy atom. The molecule has 6 nitrogen and oxygen atoms in total. The van der Waals surface area contributed by atoms with Crippen LogP contribution >= 0.6 is 0 Å². The van der Waals surface area contributed by atoms with Crippen molar-refractivity contribution in [3.05, 3.63) is 72.6 Å². The van der Waals surface area contributed by atoms with E-state index in [1.807, 2.05) is 42.5 Å². The van der Waals surface area contributed by atoms with Crippen molar-refractivity contribution in [1.82, 2.24) is 20.2 Å². The quantitative estimate of drug-likeness (QED) is 0.557. The van der Waals surface area contributed by atoms with Gasteiger partial charge in [0.25, 0.3) is 0 Å². The van der Waals surface area contributed by atoms with Crippen molar-refractivity contribution in [2.45, 2.75) is 13.3 Å². The van der Waals surface area contributed by atoms with Crippen molar-refractivity contribution in [2.75, 3.05) is 10.6 Å². The number of anilines is 4. The van der Waals surface area contributed by atoms with Gasteiger partial charge in [0.1, 0.15) is 0 Å². The molecule has 0 aliphatic heterocycles. The summed E-state index contributed by atoms with van der Waals surface area (Å²) in [5, 5.41) is 15.6. The van der Waals surface area contributed by atoms with E-state index in [4.69, 9.17) is 0 Å². The monoisotopic (exact) mass is 342 g/mol. The van der Waals surface area contributed by atoms with E-state index in [9.17, 15) is 0 Å². The highest BCUT2D eigenvalue weighted by atomic mass is 15.3. The van der Waals surface area contributed by atoms with E-state index < -0.39 is 0 Å². The smallest absolute Gasteiger partial charge is 0.249 e. The van der Waals surface area contributed by atoms with Gasteiger partial charge in [-0.05, 0) is 36.2 Å². The minimum atomic E-state index is 0.415. The Morgan fingerprint density at radius 3 is 2.62 bits per heavy atom. The molecule has 0 aliphatic carbocycles. The number of nitrogens with zero attached hydrogens (tertiary/aromatic N) is 4. The summed E-state index contributed by atoms with van der Waals surface area (Å²) in [5.41, 5.74) is 3.96. The second-order valence-corrected chi connectivity index (χ2v) is 5.85. The van der Waals surface area contributed by atoms with Gasteiger partial charge in [-0.15, -0.1) is 5.10 Å². The third-order valence-electron chi connectivity index (χ3n) is 4.07. The van der Waals surface area contributed by atoms with Gasteiger partial charge in [-0.3, -0.25) is 4.98 Å². The SMILES string of the molecule is CCc1ccc(Nc2cnnc(Nc3cccc4cccnc34)n2)cc1. The van der Waals surface area contributed by atoms with Crippen LogP contribution in [0.3, 0.4) is 0 Å². The van der Waals surface area contributed by atoms with Crippen LogP contribution in [0.2, 0.25) is 0 Å². The third kappa shape index (κ3) is 3.44. The minimum absolute atomic E-state index is 0.415. The number of nitrogens with one attached hydrogen (secondary N) is 2. The van der Waals surface area contributed by atoms with Gasteiger partial charge < -0.3 is 10.6 Å². The molecule has 2 N–H and O–H groups in total. The summed E-state index contributed by atoms with van der Waals surface area (Å²) in [5.74, 6) is 1.04. The maximum atomic E-state index is 4.49. The number of aromatic nitrogens is 4. The summed E-state index contributed by atoms with van der Waals surface area (Å²) in [6, 6.07) is 18.1. The normalized spacial score (nSPS) is 10.7. The van der Waals surface area contributed by atoms with Gasteiger partial charge in [0.2, 0.25) is 5.95 Å². The van der Waals surface area contributed by atoms with Crippen LogP contribution in [0.1, 0.15) is 12.5 Å². The van der Waals surface area contributed by atoms with Crippen LogP contribution in [-0.2, 0) is 6.42 Å². The van der Waals surface area contributed by atoms with Crippen molar-refractivity contribution in [3.63, 3.8) is 0 Å². The molecule has 26 heavy (non-hydrogen) atoms. The highest BCUT2D eigenvalue weighted by molar-refractivity contribution is 5.91. The van der Waals surface area contributed by atoms with Crippen molar-refractivity contribution < 1.29 is 0 Å². The lowest BCUT2D eigenvalue weighted by Crippen LogP contribution is -2.03. The van der Waals surface area contributed by atoms with Gasteiger partial charge in [0.15, 0.2) is 5.82 Å². The van der Waals surface area contributed by atoms with E-state index in [1.165, 1.54) is 5.56 Å². The van der Waals surface area contributed by atoms with Crippen molar-refractivity contribution >= 4 is 34.0 Å². The average molecular weight is 342 g/mol. The van der Waals surface area contributed by atoms with Crippen molar-refractivity contribution in [2.24, 2.45) is 0 Å². The lowest BCUT2D eigenvalue weighted by atomic mass is 10.1. The van der Waals surface area contributed by atoms with Gasteiger partial charge in [-0.25, -0.2) is 0 Å². The minimum Gasteiger partial charge on any atom is -0.339 e. The number of para-hydroxylation sites is 1. The second kappa shape index (κ2) is 7.14. The number of aryl methyl sites for hydroxylation is 1. The number of hydrogen-bond donors (Lipinski definition) is 2. The zero-order chi connectivity index (χ0) is 17.8. The Hall–Kier alpha value is -3.54. The molecule has 4 aromatic rings. The van der Waals surface area contributed by atoms with Crippen molar-refractivity contribution in [3.8, 4) is 0 Å². The summed E-state index contributed by atoms with van der Waals surface area (Å²) < 4.78 is 0. The van der Waals surface area contributed by atoms with E-state index in [1.54, 1.807) is 12.4 Å². The molecule has 0 unspecified atom stereocenters. The molecule has 2 heterocycles. The molecule has 0 radical (unpaired) electrons. The summed E-state index contributed by atoms with van der Waals surface area (Å²) >= 11 is 0. The molecule has 4 rings (SSSR count). The molecule has 0 saturated carbocycles. The molecular formula is C20H18N6. The summed E-state index contributed by atoms with van der Waals surface area (Å²) in [6.07, 6.45) is 4.38. The van der Waals surface area contributed by atoms with Gasteiger partial charge in [-0.2, -0.15) is 10.1 Å². The van der Waals surface area contributed by atoms with Crippen LogP contribution < -0.4 is 10.6 Å². The molecule has 0 aliphatic rings. The zero-order valence-electron chi connectivity index (χ0n) is 14.3. The van der Waals surface area contributed by atoms with E-state index in [2.05, 4.69) is 49.9 Å². The van der Waals surface area contributed by atoms with Crippen LogP contribution in [-0.4, -0.2) is 20.2 Å². The molecule has 0 saturated heterocycles. The Bertz CT molecular complexity index is 1020. The molecule has 0 spiro atoms. The molecule has 128 valence electrons. The third-order valence-corrected chi connectivity index (χ3v) is 4.07. The first-order valence-corrected chi connectivity index (χ1v) is 8.48. The highest BCUT2D eigenvalue weighted by Gasteiger charge is 2.06. The van der Waals surface area contributed by atoms with Crippen LogP contribution in [0.25, 0.3) is 10.9 Å². The first kappa shape index (κ1) is 16.0. The maximum Gasteiger partial charge on any atom is 0.249 e. The second-order valence-electron chi connectivity index (χ2n) is 5.85. The fourth-order valence-electron chi connectivity index (χ4n) is 2.71. The molecule has 0 bridgehead atoms. The lowest BCUT2D eigenvalue weighted by molar-refractivity contribution is 0.982. The number of fused-ring (bicyclic) bond motifs is 1. The molecule has 2 aromatic heterocycles. The number of benzene rings is 2. The van der Waals surface area contributed by atoms with E-state index in [0.717, 1.165) is 28.7 Å². The van der Waals surface area contributed by atoms with Gasteiger partial charge in [-0.1, -0.05) is 37.3 Å². The Labute approximate surface area is 151 Å². The molecule has 0 amide bonds. The van der Waals surface area contributed by atoms with E-state index in [-0.39, 0.29) is 0 Å². The summed E-state index contributed by atoms with van der Waals surface area (Å²) in [7, 11) is 0. The molecule has 0 fully saturated rings. The van der Waals surface area contributed by atoms with E-state index >= 15 is 0 Å². The first-order chi connectivity index (χ1) is 12.8. The molecular weight excluding hydrogens is 324 g/mol. The van der Waals surface area contributed by atoms with Crippen molar-refractivity contribution in [1.29, 1.82) is 0 Å². The highest BCUT2D eigenvalue weighted by Crippen LogP contribution is 2.23. The largest absolute Gasteiger partial charge is 0.339 e. The lowest BCUT2D eigenvalue weighted by Gasteiger charge is -2.09. The van der Waals surface area contributed by atoms with Crippen LogP contribution in [0, 0.1) is 0 Å². The number of hydrogen-bond acceptors (Lipinski definition) is 6. The van der Waals surface area contributed by atoms with Crippen LogP contribution in [0.15, 0.2) is 67.0 Å². The van der Waals surface area contributed by atoms with Crippen LogP contribution in [0.5, 0.6) is 0 Å². The van der Waals surface area contributed by atoms with Crippen LogP contribution in [0.4, 0.5) is 23.1 Å². The predicted octanol–water partition coefficient (Wildman–Crippen LogP) is 4.47. The number of pyridine rings is 1. The maximum absolute atomic E-state index is 4.49. The summed E-state index contributed by atoms with van der Waals surface area (Å²) in [4.78, 5) is 8.92. The predicted molar refractivity (Wildman–Crippen MR) is 104 cm³/mol. The number of rotatable bonds is 5. The molecule has 6 heteroatoms. The Balaban J connectivity index is 1.57. The van der Waals surface area contributed by atoms with E-state index in [0.29, 0.717) is 11.8 Å². The average Bonchev–Trinajstić information content (AvgIpc) is 2.69. The fraction of sp³-hybridized carbons (Fsp3) is 0.100. The topological polar surface area (TPSA) is 75.6 Å². The zero-order valence-corrected chi connectivity index (χ0v) is 14.3. The summed E-state index contributed by atoms with van der Waals surface area (Å²) in [6.45, 7) is 2.14. The van der Waals surface area contributed by atoms with Gasteiger partial charge in [0.05, 0.1) is 17.4 Å². The Morgan fingerprint density at radius 2 is 1.77 bits per heavy atom. The molecule has 0 atom stereocenters. The standard InChI is InChI=1S/C20H18N6/c1-2-14-8-10-16(11-9-14)23-18-13-22-26-20(25-18)24-17-7-3-5-15-6-4-12-21-19(15)17/h3-13H,2H2,1H3,(H2,23,24,25,26). The molecule has 2 aromatic carbocycles. The van der Waals surface area contributed by atoms with Gasteiger partial charge in [0, 0.05) is 17.3 Å².